The van der Waals surface area contributed by atoms with Gasteiger partial charge in [0.05, 0.1) is 40.7 Å². The summed E-state index contributed by atoms with van der Waals surface area (Å²) >= 11 is 5.72. The zero-order chi connectivity index (χ0) is 27.6. The van der Waals surface area contributed by atoms with Gasteiger partial charge < -0.3 is 9.13 Å². The molecule has 4 nitrogen and oxygen atoms in total. The van der Waals surface area contributed by atoms with Crippen LogP contribution in [0.5, 0.6) is 0 Å². The summed E-state index contributed by atoms with van der Waals surface area (Å²) in [6.07, 6.45) is 7.06. The van der Waals surface area contributed by atoms with E-state index in [0.29, 0.717) is 11.8 Å². The summed E-state index contributed by atoms with van der Waals surface area (Å²) in [6.45, 7) is 20.5. The number of hydrogen-bond acceptors (Lipinski definition) is 5. The van der Waals surface area contributed by atoms with Crippen LogP contribution in [0.4, 0.5) is 0 Å². The highest BCUT2D eigenvalue weighted by atomic mass is 32.1. The fourth-order valence-corrected chi connectivity index (χ4v) is 9.90. The van der Waals surface area contributed by atoms with Gasteiger partial charge in [-0.25, -0.2) is 9.97 Å². The number of thiazole rings is 2. The number of hydrogen-bond donors (Lipinski definition) is 0. The summed E-state index contributed by atoms with van der Waals surface area (Å²) in [5, 5.41) is 5.39. The van der Waals surface area contributed by atoms with E-state index in [4.69, 9.17) is 9.97 Å². The van der Waals surface area contributed by atoms with Gasteiger partial charge in [-0.05, 0) is 62.5 Å². The molecule has 0 N–H and O–H groups in total. The smallest absolute Gasteiger partial charge is 0.152 e. The fourth-order valence-electron chi connectivity index (χ4n) is 6.46. The maximum absolute atomic E-state index is 5.16. The first-order valence-corrected chi connectivity index (χ1v) is 17.3. The van der Waals surface area contributed by atoms with Crippen LogP contribution >= 0.6 is 34.0 Å². The molecular weight excluding hydrogens is 537 g/mol. The number of unbranched alkanes of at least 4 members (excludes halogenated alkanes) is 2. The predicted molar refractivity (Wildman–Crippen MR) is 176 cm³/mol. The summed E-state index contributed by atoms with van der Waals surface area (Å²) < 4.78 is 9.61. The van der Waals surface area contributed by atoms with Crippen LogP contribution in [-0.2, 0) is 25.9 Å². The van der Waals surface area contributed by atoms with Crippen molar-refractivity contribution in [1.82, 2.24) is 19.1 Å². The molecule has 0 bridgehead atoms. The number of benzene rings is 1. The third-order valence-corrected chi connectivity index (χ3v) is 11.0. The standard InChI is InChI=1S/C32H42N4S3/c1-9-11-13-21-23-25(35(15-17(3)4)27-28(23)39-32-30(27)38-20(8)34-32)22(14-12-10-2)24-26(21)36(16-18(5)6)31-29(24)37-19(7)33-31/h17-18H,9-16H2,1-8H3. The third kappa shape index (κ3) is 4.34. The Balaban J connectivity index is 1.90. The van der Waals surface area contributed by atoms with Gasteiger partial charge >= 0.3 is 0 Å². The van der Waals surface area contributed by atoms with Crippen molar-refractivity contribution in [1.29, 1.82) is 0 Å². The summed E-state index contributed by atoms with van der Waals surface area (Å²) in [5.41, 5.74) is 8.77. The van der Waals surface area contributed by atoms with E-state index in [0.717, 1.165) is 25.9 Å². The highest BCUT2D eigenvalue weighted by Crippen LogP contribution is 2.50. The molecule has 5 heterocycles. The summed E-state index contributed by atoms with van der Waals surface area (Å²) in [4.78, 5) is 11.4. The Morgan fingerprint density at radius 3 is 1.79 bits per heavy atom. The van der Waals surface area contributed by atoms with Crippen LogP contribution in [0.3, 0.4) is 0 Å². The number of fused-ring (bicyclic) bond motifs is 8. The molecule has 6 aromatic rings. The van der Waals surface area contributed by atoms with Crippen LogP contribution in [0.15, 0.2) is 0 Å². The second-order valence-electron chi connectivity index (χ2n) is 12.2. The number of aromatic nitrogens is 4. The monoisotopic (exact) mass is 578 g/mol. The Morgan fingerprint density at radius 1 is 0.641 bits per heavy atom. The highest BCUT2D eigenvalue weighted by Gasteiger charge is 2.30. The Kier molecular flexibility index (Phi) is 7.30. The lowest BCUT2D eigenvalue weighted by molar-refractivity contribution is 0.542. The van der Waals surface area contributed by atoms with Crippen molar-refractivity contribution in [3.63, 3.8) is 0 Å². The zero-order valence-corrected chi connectivity index (χ0v) is 27.3. The molecule has 6 rings (SSSR count). The number of aryl methyl sites for hydroxylation is 4. The molecule has 0 aliphatic carbocycles. The van der Waals surface area contributed by atoms with Gasteiger partial charge in [-0.1, -0.05) is 54.4 Å². The highest BCUT2D eigenvalue weighted by molar-refractivity contribution is 7.32. The van der Waals surface area contributed by atoms with Crippen LogP contribution in [0.2, 0.25) is 0 Å². The fraction of sp³-hybridized carbons (Fsp3) is 0.562. The quantitative estimate of drug-likeness (QED) is 0.162. The summed E-state index contributed by atoms with van der Waals surface area (Å²) in [6, 6.07) is 0. The molecule has 7 heteroatoms. The summed E-state index contributed by atoms with van der Waals surface area (Å²) in [5.74, 6) is 1.13. The van der Waals surface area contributed by atoms with E-state index in [2.05, 4.69) is 64.5 Å². The molecular formula is C32H42N4S3. The first-order valence-electron chi connectivity index (χ1n) is 14.9. The van der Waals surface area contributed by atoms with Crippen LogP contribution < -0.4 is 0 Å². The Labute approximate surface area is 244 Å². The average molecular weight is 579 g/mol. The van der Waals surface area contributed by atoms with Gasteiger partial charge in [-0.2, -0.15) is 0 Å². The summed E-state index contributed by atoms with van der Waals surface area (Å²) in [7, 11) is 0. The first kappa shape index (κ1) is 27.2. The zero-order valence-electron chi connectivity index (χ0n) is 24.8. The van der Waals surface area contributed by atoms with Crippen LogP contribution in [0, 0.1) is 25.7 Å². The van der Waals surface area contributed by atoms with Gasteiger partial charge in [0.25, 0.3) is 0 Å². The minimum atomic E-state index is 0.560. The van der Waals surface area contributed by atoms with Gasteiger partial charge in [0.2, 0.25) is 0 Å². The van der Waals surface area contributed by atoms with E-state index in [9.17, 15) is 0 Å². The van der Waals surface area contributed by atoms with E-state index >= 15 is 0 Å². The van der Waals surface area contributed by atoms with Gasteiger partial charge in [0.15, 0.2) is 5.65 Å². The number of rotatable bonds is 10. The Bertz CT molecular complexity index is 1820. The normalized spacial score (nSPS) is 12.9. The largest absolute Gasteiger partial charge is 0.338 e. The predicted octanol–water partition coefficient (Wildman–Crippen LogP) is 10.6. The van der Waals surface area contributed by atoms with Crippen molar-refractivity contribution < 1.29 is 0 Å². The van der Waals surface area contributed by atoms with Crippen molar-refractivity contribution in [2.45, 2.75) is 107 Å². The van der Waals surface area contributed by atoms with E-state index in [1.54, 1.807) is 11.1 Å². The molecule has 0 radical (unpaired) electrons. The maximum atomic E-state index is 5.16. The van der Waals surface area contributed by atoms with Gasteiger partial charge in [0.1, 0.15) is 4.83 Å². The lowest BCUT2D eigenvalue weighted by Gasteiger charge is -2.19. The SMILES string of the molecule is CCCCc1c2c3sc4nc(C)sc4c3n(CC(C)C)c2c(CCCC)c2c3sc(C)nc3n(CC(C)C)c12. The van der Waals surface area contributed by atoms with E-state index < -0.39 is 0 Å². The molecule has 0 aliphatic rings. The lowest BCUT2D eigenvalue weighted by atomic mass is 9.94. The number of nitrogens with zero attached hydrogens (tertiary/aromatic N) is 4. The molecule has 0 saturated carbocycles. The molecule has 0 saturated heterocycles. The third-order valence-electron chi connectivity index (χ3n) is 7.87. The van der Waals surface area contributed by atoms with Crippen LogP contribution in [0.25, 0.3) is 51.9 Å². The van der Waals surface area contributed by atoms with Crippen LogP contribution in [-0.4, -0.2) is 19.1 Å². The molecule has 0 aliphatic heterocycles. The molecule has 0 atom stereocenters. The average Bonchev–Trinajstić information content (AvgIpc) is 3.63. The molecule has 0 amide bonds. The number of thiophene rings is 1. The van der Waals surface area contributed by atoms with Crippen molar-refractivity contribution in [3.05, 3.63) is 21.1 Å². The van der Waals surface area contributed by atoms with Crippen molar-refractivity contribution in [2.24, 2.45) is 11.8 Å². The van der Waals surface area contributed by atoms with E-state index in [1.807, 2.05) is 34.0 Å². The molecule has 39 heavy (non-hydrogen) atoms. The molecule has 1 aromatic carbocycles. The topological polar surface area (TPSA) is 35.6 Å². The lowest BCUT2D eigenvalue weighted by Crippen LogP contribution is -2.09. The van der Waals surface area contributed by atoms with Crippen molar-refractivity contribution >= 4 is 85.9 Å². The second-order valence-corrected chi connectivity index (χ2v) is 15.6. The molecule has 208 valence electrons. The Morgan fingerprint density at radius 2 is 1.18 bits per heavy atom. The van der Waals surface area contributed by atoms with Gasteiger partial charge in [0, 0.05) is 23.9 Å². The minimum absolute atomic E-state index is 0.560. The molecule has 5 aromatic heterocycles. The molecule has 0 unspecified atom stereocenters. The molecule has 0 spiro atoms. The van der Waals surface area contributed by atoms with Gasteiger partial charge in [-0.3, -0.25) is 0 Å². The first-order chi connectivity index (χ1) is 18.7. The molecule has 0 fully saturated rings. The Hall–Kier alpha value is -1.96. The van der Waals surface area contributed by atoms with Gasteiger partial charge in [-0.15, -0.1) is 34.0 Å². The van der Waals surface area contributed by atoms with E-state index in [-0.39, 0.29) is 0 Å². The van der Waals surface area contributed by atoms with E-state index in [1.165, 1.54) is 87.6 Å². The van der Waals surface area contributed by atoms with Crippen LogP contribution in [0.1, 0.15) is 88.4 Å². The second kappa shape index (κ2) is 10.5. The minimum Gasteiger partial charge on any atom is -0.338 e. The van der Waals surface area contributed by atoms with Crippen molar-refractivity contribution in [3.8, 4) is 0 Å². The maximum Gasteiger partial charge on any atom is 0.152 e. The van der Waals surface area contributed by atoms with Crippen molar-refractivity contribution in [2.75, 3.05) is 0 Å².